The number of halogens is 3. The number of carbonyl (C=O) groups excluding carboxylic acids is 1. The van der Waals surface area contributed by atoms with Crippen molar-refractivity contribution in [1.29, 1.82) is 0 Å². The topological polar surface area (TPSA) is 46.9 Å². The number of carbonyl (C=O) groups is 1. The second kappa shape index (κ2) is 4.28. The molecule has 1 N–H and O–H groups in total. The van der Waals surface area contributed by atoms with E-state index < -0.39 is 29.2 Å². The van der Waals surface area contributed by atoms with Crippen LogP contribution in [-0.2, 0) is 0 Å². The Morgan fingerprint density at radius 1 is 1.18 bits per heavy atom. The zero-order valence-electron chi connectivity index (χ0n) is 8.32. The summed E-state index contributed by atoms with van der Waals surface area (Å²) < 4.78 is 39.7. The molecule has 0 aliphatic heterocycles. The van der Waals surface area contributed by atoms with Crippen LogP contribution in [0.2, 0.25) is 0 Å². The van der Waals surface area contributed by atoms with Gasteiger partial charge in [-0.15, -0.1) is 0 Å². The maximum absolute atomic E-state index is 13.2. The van der Waals surface area contributed by atoms with E-state index in [0.29, 0.717) is 12.1 Å². The van der Waals surface area contributed by atoms with E-state index in [0.717, 1.165) is 4.57 Å². The SMILES string of the molecule is O=C(Nc1cc(F)c(F)cc1F)n1ccnc1. The highest BCUT2D eigenvalue weighted by molar-refractivity contribution is 5.90. The van der Waals surface area contributed by atoms with Gasteiger partial charge in [0.1, 0.15) is 12.1 Å². The molecule has 7 heteroatoms. The molecule has 0 fully saturated rings. The highest BCUT2D eigenvalue weighted by Gasteiger charge is 2.12. The molecule has 0 aliphatic rings. The third-order valence-electron chi connectivity index (χ3n) is 1.99. The van der Waals surface area contributed by atoms with Crippen molar-refractivity contribution in [1.82, 2.24) is 9.55 Å². The van der Waals surface area contributed by atoms with Crippen LogP contribution in [-0.4, -0.2) is 15.6 Å². The Morgan fingerprint density at radius 3 is 2.53 bits per heavy atom. The Kier molecular flexibility index (Phi) is 2.82. The normalized spacial score (nSPS) is 10.3. The first-order valence-corrected chi connectivity index (χ1v) is 4.52. The van der Waals surface area contributed by atoms with Gasteiger partial charge in [-0.1, -0.05) is 0 Å². The Hall–Kier alpha value is -2.31. The van der Waals surface area contributed by atoms with Gasteiger partial charge in [-0.2, -0.15) is 0 Å². The van der Waals surface area contributed by atoms with Crippen LogP contribution in [0.3, 0.4) is 0 Å². The predicted molar refractivity (Wildman–Crippen MR) is 53.0 cm³/mol. The molecule has 1 aromatic heterocycles. The molecule has 0 unspecified atom stereocenters. The number of aromatic nitrogens is 2. The molecule has 0 aliphatic carbocycles. The first kappa shape index (κ1) is 11.2. The van der Waals surface area contributed by atoms with Gasteiger partial charge in [-0.3, -0.25) is 4.57 Å². The number of imidazole rings is 1. The van der Waals surface area contributed by atoms with Crippen LogP contribution in [0.4, 0.5) is 23.7 Å². The molecule has 0 spiro atoms. The fourth-order valence-electron chi connectivity index (χ4n) is 1.18. The summed E-state index contributed by atoms with van der Waals surface area (Å²) in [6.07, 6.45) is 3.86. The maximum Gasteiger partial charge on any atom is 0.331 e. The fourth-order valence-corrected chi connectivity index (χ4v) is 1.18. The molecular formula is C10H6F3N3O. The summed E-state index contributed by atoms with van der Waals surface area (Å²) in [6.45, 7) is 0. The lowest BCUT2D eigenvalue weighted by atomic mass is 10.3. The molecule has 0 bridgehead atoms. The van der Waals surface area contributed by atoms with Crippen molar-refractivity contribution < 1.29 is 18.0 Å². The minimum absolute atomic E-state index is 0.360. The lowest BCUT2D eigenvalue weighted by Crippen LogP contribution is -2.18. The van der Waals surface area contributed by atoms with Crippen LogP contribution in [0.1, 0.15) is 0 Å². The summed E-state index contributed by atoms with van der Waals surface area (Å²) in [4.78, 5) is 15.1. The maximum atomic E-state index is 13.2. The molecule has 0 saturated carbocycles. The van der Waals surface area contributed by atoms with Gasteiger partial charge in [0.2, 0.25) is 0 Å². The van der Waals surface area contributed by atoms with E-state index in [4.69, 9.17) is 0 Å². The first-order chi connectivity index (χ1) is 8.08. The summed E-state index contributed by atoms with van der Waals surface area (Å²) in [5.74, 6) is -3.62. The number of nitrogens with one attached hydrogen (secondary N) is 1. The summed E-state index contributed by atoms with van der Waals surface area (Å²) in [5, 5.41) is 2.08. The Labute approximate surface area is 93.7 Å². The van der Waals surface area contributed by atoms with Crippen molar-refractivity contribution in [2.24, 2.45) is 0 Å². The average molecular weight is 241 g/mol. The molecule has 88 valence electrons. The van der Waals surface area contributed by atoms with Crippen molar-refractivity contribution in [2.45, 2.75) is 0 Å². The van der Waals surface area contributed by atoms with Gasteiger partial charge in [0.25, 0.3) is 0 Å². The van der Waals surface area contributed by atoms with Gasteiger partial charge in [0, 0.05) is 24.5 Å². The molecule has 2 rings (SSSR count). The lowest BCUT2D eigenvalue weighted by Gasteiger charge is -2.06. The van der Waals surface area contributed by atoms with Crippen LogP contribution >= 0.6 is 0 Å². The van der Waals surface area contributed by atoms with Crippen LogP contribution in [0, 0.1) is 17.5 Å². The number of nitrogens with zero attached hydrogens (tertiary/aromatic N) is 2. The van der Waals surface area contributed by atoms with Crippen LogP contribution < -0.4 is 5.32 Å². The van der Waals surface area contributed by atoms with E-state index in [-0.39, 0.29) is 0 Å². The number of hydrogen-bond donors (Lipinski definition) is 1. The quantitative estimate of drug-likeness (QED) is 0.779. The van der Waals surface area contributed by atoms with Crippen LogP contribution in [0.25, 0.3) is 0 Å². The van der Waals surface area contributed by atoms with Crippen molar-refractivity contribution in [3.8, 4) is 0 Å². The van der Waals surface area contributed by atoms with Crippen molar-refractivity contribution in [2.75, 3.05) is 5.32 Å². The van der Waals surface area contributed by atoms with Gasteiger partial charge in [-0.25, -0.2) is 22.9 Å². The Bertz CT molecular complexity index is 554. The monoisotopic (exact) mass is 241 g/mol. The molecule has 1 amide bonds. The molecule has 1 aromatic carbocycles. The lowest BCUT2D eigenvalue weighted by molar-refractivity contribution is 0.253. The van der Waals surface area contributed by atoms with E-state index in [9.17, 15) is 18.0 Å². The molecule has 2 aromatic rings. The van der Waals surface area contributed by atoms with E-state index in [2.05, 4.69) is 10.3 Å². The summed E-state index contributed by atoms with van der Waals surface area (Å²) in [7, 11) is 0. The largest absolute Gasteiger partial charge is 0.331 e. The van der Waals surface area contributed by atoms with Crippen molar-refractivity contribution in [3.63, 3.8) is 0 Å². The highest BCUT2D eigenvalue weighted by Crippen LogP contribution is 2.18. The first-order valence-electron chi connectivity index (χ1n) is 4.52. The summed E-state index contributed by atoms with van der Waals surface area (Å²) in [6, 6.07) is 0.200. The van der Waals surface area contributed by atoms with E-state index >= 15 is 0 Å². The molecular weight excluding hydrogens is 235 g/mol. The third-order valence-corrected chi connectivity index (χ3v) is 1.99. The minimum Gasteiger partial charge on any atom is -0.304 e. The number of anilines is 1. The zero-order valence-corrected chi connectivity index (χ0v) is 8.32. The van der Waals surface area contributed by atoms with Gasteiger partial charge < -0.3 is 5.32 Å². The Morgan fingerprint density at radius 2 is 1.88 bits per heavy atom. The number of hydrogen-bond acceptors (Lipinski definition) is 2. The molecule has 0 saturated heterocycles. The second-order valence-electron chi connectivity index (χ2n) is 3.15. The standard InChI is InChI=1S/C10H6F3N3O/c11-6-3-8(13)9(4-7(6)12)15-10(17)16-2-1-14-5-16/h1-5H,(H,15,17). The number of rotatable bonds is 1. The Balaban J connectivity index is 2.25. The zero-order chi connectivity index (χ0) is 12.4. The molecule has 17 heavy (non-hydrogen) atoms. The molecule has 1 heterocycles. The molecule has 0 atom stereocenters. The van der Waals surface area contributed by atoms with E-state index in [1.807, 2.05) is 0 Å². The van der Waals surface area contributed by atoms with Crippen molar-refractivity contribution in [3.05, 3.63) is 48.3 Å². The van der Waals surface area contributed by atoms with Gasteiger partial charge in [0.05, 0.1) is 5.69 Å². The summed E-state index contributed by atoms with van der Waals surface area (Å²) in [5.41, 5.74) is -0.442. The summed E-state index contributed by atoms with van der Waals surface area (Å²) >= 11 is 0. The van der Waals surface area contributed by atoms with Gasteiger partial charge in [0.15, 0.2) is 11.6 Å². The third kappa shape index (κ3) is 2.27. The molecule has 4 nitrogen and oxygen atoms in total. The van der Waals surface area contributed by atoms with Crippen LogP contribution in [0.5, 0.6) is 0 Å². The van der Waals surface area contributed by atoms with E-state index in [1.54, 1.807) is 0 Å². The average Bonchev–Trinajstić information content (AvgIpc) is 2.79. The van der Waals surface area contributed by atoms with Gasteiger partial charge >= 0.3 is 6.03 Å². The fraction of sp³-hybridized carbons (Fsp3) is 0. The van der Waals surface area contributed by atoms with Gasteiger partial charge in [-0.05, 0) is 0 Å². The van der Waals surface area contributed by atoms with Crippen LogP contribution in [0.15, 0.2) is 30.9 Å². The van der Waals surface area contributed by atoms with Crippen molar-refractivity contribution >= 4 is 11.7 Å². The predicted octanol–water partition coefficient (Wildman–Crippen LogP) is 2.38. The minimum atomic E-state index is -1.32. The second-order valence-corrected chi connectivity index (χ2v) is 3.15. The molecule has 0 radical (unpaired) electrons. The number of amides is 1. The smallest absolute Gasteiger partial charge is 0.304 e. The van der Waals surface area contributed by atoms with E-state index in [1.165, 1.54) is 18.7 Å². The highest BCUT2D eigenvalue weighted by atomic mass is 19.2. The number of benzene rings is 1.